The molecule has 0 spiro atoms. The smallest absolute Gasteiger partial charge is 0.0461 e. The summed E-state index contributed by atoms with van der Waals surface area (Å²) < 4.78 is 0. The molecule has 152 valence electrons. The molecule has 0 amide bonds. The van der Waals surface area contributed by atoms with E-state index in [-0.39, 0.29) is 0 Å². The van der Waals surface area contributed by atoms with E-state index in [2.05, 4.69) is 64.6 Å². The van der Waals surface area contributed by atoms with Gasteiger partial charge in [-0.2, -0.15) is 0 Å². The zero-order valence-corrected chi connectivity index (χ0v) is 18.0. The Morgan fingerprint density at radius 3 is 2.77 bits per heavy atom. The first-order valence-corrected chi connectivity index (χ1v) is 11.0. The molecule has 1 aromatic carbocycles. The van der Waals surface area contributed by atoms with Crippen molar-refractivity contribution >= 4 is 22.9 Å². The molecular formula is C26H26ClN3. The molecule has 0 saturated carbocycles. The number of benzene rings is 1. The lowest BCUT2D eigenvalue weighted by molar-refractivity contribution is 0.248. The van der Waals surface area contributed by atoms with Crippen LogP contribution in [0.1, 0.15) is 36.0 Å². The van der Waals surface area contributed by atoms with E-state index in [0.29, 0.717) is 0 Å². The Morgan fingerprint density at radius 2 is 1.93 bits per heavy atom. The second kappa shape index (κ2) is 8.25. The van der Waals surface area contributed by atoms with E-state index in [1.807, 2.05) is 18.5 Å². The van der Waals surface area contributed by atoms with Gasteiger partial charge in [0.2, 0.25) is 0 Å². The lowest BCUT2D eigenvalue weighted by atomic mass is 9.84. The van der Waals surface area contributed by atoms with Crippen LogP contribution >= 0.6 is 11.6 Å². The number of anilines is 1. The molecule has 30 heavy (non-hydrogen) atoms. The molecule has 4 heteroatoms. The summed E-state index contributed by atoms with van der Waals surface area (Å²) >= 11 is 6.33. The highest BCUT2D eigenvalue weighted by molar-refractivity contribution is 6.31. The van der Waals surface area contributed by atoms with Crippen molar-refractivity contribution in [2.24, 2.45) is 0 Å². The van der Waals surface area contributed by atoms with Crippen LogP contribution in [0, 0.1) is 6.92 Å². The number of allylic oxidation sites excluding steroid dienone is 6. The van der Waals surface area contributed by atoms with E-state index in [4.69, 9.17) is 11.6 Å². The van der Waals surface area contributed by atoms with Gasteiger partial charge in [-0.15, -0.1) is 0 Å². The van der Waals surface area contributed by atoms with Gasteiger partial charge in [-0.25, -0.2) is 0 Å². The first kappa shape index (κ1) is 19.3. The fraction of sp³-hybridized carbons (Fsp3) is 0.269. The van der Waals surface area contributed by atoms with E-state index in [1.54, 1.807) is 5.57 Å². The van der Waals surface area contributed by atoms with Crippen LogP contribution in [0.2, 0.25) is 0 Å². The maximum atomic E-state index is 6.33. The Labute approximate surface area is 183 Å². The van der Waals surface area contributed by atoms with E-state index < -0.39 is 0 Å². The number of rotatable bonds is 2. The SMILES string of the molecule is Cc1cncc(CN2CCC(=C3C4=C(CC=C(Cl)C=C4)Nc4ccccc43)CC2)c1. The second-order valence-electron chi connectivity index (χ2n) is 8.31. The standard InChI is InChI=1S/C26H26ClN3/c1-18-14-19(16-28-15-18)17-30-12-10-20(11-13-30)26-22-4-2-3-5-24(22)29-25-9-7-21(27)6-8-23(25)26/h2-8,14-16,29H,9-13,17H2,1H3. The van der Waals surface area contributed by atoms with Crippen LogP contribution in [0.4, 0.5) is 5.69 Å². The molecule has 0 bridgehead atoms. The van der Waals surface area contributed by atoms with Crippen molar-refractivity contribution < 1.29 is 0 Å². The average molecular weight is 416 g/mol. The first-order valence-electron chi connectivity index (χ1n) is 10.7. The summed E-state index contributed by atoms with van der Waals surface area (Å²) in [7, 11) is 0. The number of likely N-dealkylation sites (tertiary alicyclic amines) is 1. The van der Waals surface area contributed by atoms with Gasteiger partial charge in [0.1, 0.15) is 0 Å². The largest absolute Gasteiger partial charge is 0.358 e. The zero-order valence-electron chi connectivity index (χ0n) is 17.3. The zero-order chi connectivity index (χ0) is 20.5. The molecule has 3 nitrogen and oxygen atoms in total. The van der Waals surface area contributed by atoms with Crippen molar-refractivity contribution in [3.8, 4) is 0 Å². The van der Waals surface area contributed by atoms with Gasteiger partial charge in [-0.05, 0) is 48.6 Å². The topological polar surface area (TPSA) is 28.2 Å². The molecule has 0 radical (unpaired) electrons. The average Bonchev–Trinajstić information content (AvgIpc) is 2.94. The molecule has 1 saturated heterocycles. The van der Waals surface area contributed by atoms with Crippen LogP contribution in [0.15, 0.2) is 82.8 Å². The lowest BCUT2D eigenvalue weighted by Crippen LogP contribution is -2.31. The fourth-order valence-electron chi connectivity index (χ4n) is 4.69. The van der Waals surface area contributed by atoms with Crippen LogP contribution in [-0.2, 0) is 6.54 Å². The fourth-order valence-corrected chi connectivity index (χ4v) is 4.83. The van der Waals surface area contributed by atoms with Crippen molar-refractivity contribution in [2.45, 2.75) is 32.7 Å². The molecule has 0 unspecified atom stereocenters. The van der Waals surface area contributed by atoms with E-state index in [1.165, 1.54) is 39.2 Å². The van der Waals surface area contributed by atoms with Crippen LogP contribution in [0.3, 0.4) is 0 Å². The Kier molecular flexibility index (Phi) is 5.32. The number of nitrogens with zero attached hydrogens (tertiary/aromatic N) is 2. The van der Waals surface area contributed by atoms with Crippen LogP contribution in [0.25, 0.3) is 5.57 Å². The van der Waals surface area contributed by atoms with Crippen LogP contribution in [-0.4, -0.2) is 23.0 Å². The Balaban J connectivity index is 1.44. The Morgan fingerprint density at radius 1 is 1.10 bits per heavy atom. The van der Waals surface area contributed by atoms with Crippen molar-refractivity contribution in [2.75, 3.05) is 18.4 Å². The third kappa shape index (κ3) is 3.88. The molecular weight excluding hydrogens is 390 g/mol. The minimum Gasteiger partial charge on any atom is -0.358 e. The predicted octanol–water partition coefficient (Wildman–Crippen LogP) is 6.20. The molecule has 3 aliphatic rings. The van der Waals surface area contributed by atoms with Gasteiger partial charge in [0.15, 0.2) is 0 Å². The number of para-hydroxylation sites is 1. The third-order valence-corrected chi connectivity index (χ3v) is 6.42. The lowest BCUT2D eigenvalue weighted by Gasteiger charge is -2.33. The van der Waals surface area contributed by atoms with E-state index in [0.717, 1.165) is 43.9 Å². The molecule has 2 aliphatic heterocycles. The number of piperidine rings is 1. The first-order chi connectivity index (χ1) is 14.7. The van der Waals surface area contributed by atoms with Crippen molar-refractivity contribution in [3.05, 3.63) is 99.5 Å². The number of nitrogens with one attached hydrogen (secondary N) is 1. The minimum absolute atomic E-state index is 0.807. The monoisotopic (exact) mass is 415 g/mol. The van der Waals surface area contributed by atoms with E-state index >= 15 is 0 Å². The number of pyridine rings is 1. The highest BCUT2D eigenvalue weighted by atomic mass is 35.5. The van der Waals surface area contributed by atoms with Gasteiger partial charge in [0, 0.05) is 66.0 Å². The molecule has 5 rings (SSSR count). The molecule has 2 aromatic rings. The summed E-state index contributed by atoms with van der Waals surface area (Å²) in [5, 5.41) is 4.46. The number of hydrogen-bond acceptors (Lipinski definition) is 3. The van der Waals surface area contributed by atoms with Crippen molar-refractivity contribution in [1.29, 1.82) is 0 Å². The number of halogens is 1. The molecule has 3 heterocycles. The summed E-state index contributed by atoms with van der Waals surface area (Å²) in [6, 6.07) is 10.9. The van der Waals surface area contributed by atoms with E-state index in [9.17, 15) is 0 Å². The van der Waals surface area contributed by atoms with Gasteiger partial charge in [0.25, 0.3) is 0 Å². The Bertz CT molecular complexity index is 1100. The van der Waals surface area contributed by atoms with Gasteiger partial charge >= 0.3 is 0 Å². The second-order valence-corrected chi connectivity index (χ2v) is 8.75. The molecule has 1 N–H and O–H groups in total. The number of aromatic nitrogens is 1. The maximum Gasteiger partial charge on any atom is 0.0461 e. The minimum atomic E-state index is 0.807. The Hall–Kier alpha value is -2.62. The number of fused-ring (bicyclic) bond motifs is 1. The maximum absolute atomic E-state index is 6.33. The van der Waals surface area contributed by atoms with Crippen molar-refractivity contribution in [3.63, 3.8) is 0 Å². The molecule has 1 aliphatic carbocycles. The number of hydrogen-bond donors (Lipinski definition) is 1. The summed E-state index contributed by atoms with van der Waals surface area (Å²) in [5.74, 6) is 0. The third-order valence-electron chi connectivity index (χ3n) is 6.14. The van der Waals surface area contributed by atoms with Crippen molar-refractivity contribution in [1.82, 2.24) is 9.88 Å². The highest BCUT2D eigenvalue weighted by Gasteiger charge is 2.26. The summed E-state index contributed by atoms with van der Waals surface area (Å²) in [6.07, 6.45) is 13.2. The van der Waals surface area contributed by atoms with Crippen LogP contribution in [0.5, 0.6) is 0 Å². The quantitative estimate of drug-likeness (QED) is 0.632. The van der Waals surface area contributed by atoms with Crippen LogP contribution < -0.4 is 5.32 Å². The highest BCUT2D eigenvalue weighted by Crippen LogP contribution is 2.43. The molecule has 0 atom stereocenters. The predicted molar refractivity (Wildman–Crippen MR) is 125 cm³/mol. The van der Waals surface area contributed by atoms with Gasteiger partial charge in [0.05, 0.1) is 0 Å². The van der Waals surface area contributed by atoms with Gasteiger partial charge < -0.3 is 5.32 Å². The number of aryl methyl sites for hydroxylation is 1. The summed E-state index contributed by atoms with van der Waals surface area (Å²) in [6.45, 7) is 5.24. The summed E-state index contributed by atoms with van der Waals surface area (Å²) in [4.78, 5) is 6.90. The summed E-state index contributed by atoms with van der Waals surface area (Å²) in [5.41, 5.74) is 10.5. The van der Waals surface area contributed by atoms with Gasteiger partial charge in [-0.3, -0.25) is 9.88 Å². The normalized spacial score (nSPS) is 19.1. The van der Waals surface area contributed by atoms with Gasteiger partial charge in [-0.1, -0.05) is 53.6 Å². The molecule has 1 fully saturated rings. The molecule has 1 aromatic heterocycles.